The molecule has 2 aromatic heterocycles. The number of alkyl halides is 3. The van der Waals surface area contributed by atoms with Crippen molar-refractivity contribution in [2.45, 2.75) is 12.7 Å². The van der Waals surface area contributed by atoms with E-state index < -0.39 is 23.5 Å². The molecule has 3 heterocycles. The maximum Gasteiger partial charge on any atom is 0.416 e. The Labute approximate surface area is 234 Å². The van der Waals surface area contributed by atoms with Crippen LogP contribution >= 0.6 is 0 Å². The summed E-state index contributed by atoms with van der Waals surface area (Å²) in [4.78, 5) is 25.3. The number of rotatable bonds is 4. The molecule has 2 aromatic carbocycles. The highest BCUT2D eigenvalue weighted by molar-refractivity contribution is 6.04. The normalized spacial score (nSPS) is 14.5. The molecule has 5 rings (SSSR count). The second kappa shape index (κ2) is 11.5. The van der Waals surface area contributed by atoms with Gasteiger partial charge in [0.1, 0.15) is 11.3 Å². The number of hydrogen-bond donors (Lipinski definition) is 2. The third-order valence-electron chi connectivity index (χ3n) is 6.91. The summed E-state index contributed by atoms with van der Waals surface area (Å²) in [5, 5.41) is 3.04. The molecule has 1 aliphatic rings. The van der Waals surface area contributed by atoms with Crippen LogP contribution in [0.5, 0.6) is 0 Å². The Morgan fingerprint density at radius 1 is 1.02 bits per heavy atom. The lowest BCUT2D eigenvalue weighted by Crippen LogP contribution is -2.44. The number of halogens is 4. The van der Waals surface area contributed by atoms with Crippen molar-refractivity contribution in [2.24, 2.45) is 0 Å². The molecule has 0 aliphatic carbocycles. The first-order valence-corrected chi connectivity index (χ1v) is 12.8. The standard InChI is InChI=1S/C30H26F4N6O/c1-39-12-14-40(15-13-39)18-21-9-10-22(16-25(21)30(32,33)34)38-29(41)24-5-2-4-19(26(24)31)7-8-20-17-37-28(35)27-23(20)6-3-11-36-27/h2-6,9-11,16-17H,12-15,18H2,1H3,(H2,35,37)(H,38,41). The number of carbonyl (C=O) groups excluding carboxylic acids is 1. The molecule has 3 N–H and O–H groups in total. The fourth-order valence-corrected chi connectivity index (χ4v) is 4.63. The van der Waals surface area contributed by atoms with E-state index in [1.807, 2.05) is 11.9 Å². The molecule has 210 valence electrons. The zero-order valence-corrected chi connectivity index (χ0v) is 22.1. The smallest absolute Gasteiger partial charge is 0.382 e. The van der Waals surface area contributed by atoms with E-state index in [0.717, 1.165) is 19.2 Å². The van der Waals surface area contributed by atoms with Crippen molar-refractivity contribution < 1.29 is 22.4 Å². The number of amides is 1. The van der Waals surface area contributed by atoms with Crippen LogP contribution in [-0.4, -0.2) is 58.9 Å². The van der Waals surface area contributed by atoms with Crippen LogP contribution in [0.25, 0.3) is 10.9 Å². The number of likely N-dealkylation sites (N-methyl/N-ethyl adjacent to an activating group) is 1. The lowest BCUT2D eigenvalue weighted by molar-refractivity contribution is -0.138. The summed E-state index contributed by atoms with van der Waals surface area (Å²) in [6.07, 6.45) is -1.61. The summed E-state index contributed by atoms with van der Waals surface area (Å²) in [7, 11) is 1.97. The number of hydrogen-bond acceptors (Lipinski definition) is 6. The van der Waals surface area contributed by atoms with E-state index in [-0.39, 0.29) is 34.7 Å². The van der Waals surface area contributed by atoms with Crippen LogP contribution in [0, 0.1) is 17.7 Å². The van der Waals surface area contributed by atoms with Crippen LogP contribution < -0.4 is 11.1 Å². The van der Waals surface area contributed by atoms with Gasteiger partial charge in [0.25, 0.3) is 5.91 Å². The number of pyridine rings is 2. The second-order valence-electron chi connectivity index (χ2n) is 9.78. The van der Waals surface area contributed by atoms with Crippen LogP contribution in [0.3, 0.4) is 0 Å². The van der Waals surface area contributed by atoms with Gasteiger partial charge in [-0.15, -0.1) is 0 Å². The van der Waals surface area contributed by atoms with Gasteiger partial charge in [0.15, 0.2) is 5.82 Å². The molecule has 11 heteroatoms. The third-order valence-corrected chi connectivity index (χ3v) is 6.91. The quantitative estimate of drug-likeness (QED) is 0.275. The highest BCUT2D eigenvalue weighted by Gasteiger charge is 2.34. The minimum atomic E-state index is -4.62. The average Bonchev–Trinajstić information content (AvgIpc) is 2.95. The van der Waals surface area contributed by atoms with Crippen LogP contribution in [0.2, 0.25) is 0 Å². The summed E-state index contributed by atoms with van der Waals surface area (Å²) in [6, 6.07) is 11.2. The van der Waals surface area contributed by atoms with Gasteiger partial charge in [-0.1, -0.05) is 24.0 Å². The number of aromatic nitrogens is 2. The maximum absolute atomic E-state index is 15.3. The van der Waals surface area contributed by atoms with E-state index in [2.05, 4.69) is 32.0 Å². The molecule has 4 aromatic rings. The minimum Gasteiger partial charge on any atom is -0.382 e. The first kappa shape index (κ1) is 28.0. The van der Waals surface area contributed by atoms with Gasteiger partial charge in [0, 0.05) is 56.2 Å². The van der Waals surface area contributed by atoms with Gasteiger partial charge in [-0.25, -0.2) is 9.37 Å². The Morgan fingerprint density at radius 2 is 1.78 bits per heavy atom. The largest absolute Gasteiger partial charge is 0.416 e. The number of anilines is 2. The molecule has 0 bridgehead atoms. The van der Waals surface area contributed by atoms with Crippen LogP contribution in [-0.2, 0) is 12.7 Å². The predicted molar refractivity (Wildman–Crippen MR) is 149 cm³/mol. The van der Waals surface area contributed by atoms with E-state index in [4.69, 9.17) is 5.73 Å². The SMILES string of the molecule is CN1CCN(Cc2ccc(NC(=O)c3cccc(C#Cc4cnc(N)c5ncccc45)c3F)cc2C(F)(F)F)CC1. The first-order chi connectivity index (χ1) is 19.6. The van der Waals surface area contributed by atoms with Crippen LogP contribution in [0.4, 0.5) is 29.1 Å². The molecule has 0 spiro atoms. The Bertz CT molecular complexity index is 1670. The highest BCUT2D eigenvalue weighted by atomic mass is 19.4. The van der Waals surface area contributed by atoms with Crippen molar-refractivity contribution in [3.63, 3.8) is 0 Å². The van der Waals surface area contributed by atoms with E-state index in [1.54, 1.807) is 18.3 Å². The molecular formula is C30H26F4N6O. The van der Waals surface area contributed by atoms with Gasteiger partial charge >= 0.3 is 6.18 Å². The predicted octanol–water partition coefficient (Wildman–Crippen LogP) is 4.77. The molecule has 7 nitrogen and oxygen atoms in total. The number of fused-ring (bicyclic) bond motifs is 1. The molecule has 1 saturated heterocycles. The number of nitrogen functional groups attached to an aromatic ring is 1. The fourth-order valence-electron chi connectivity index (χ4n) is 4.63. The van der Waals surface area contributed by atoms with Crippen molar-refractivity contribution in [1.82, 2.24) is 19.8 Å². The molecule has 0 saturated carbocycles. The summed E-state index contributed by atoms with van der Waals surface area (Å²) >= 11 is 0. The topological polar surface area (TPSA) is 87.4 Å². The Kier molecular flexibility index (Phi) is 7.88. The monoisotopic (exact) mass is 562 g/mol. The zero-order valence-electron chi connectivity index (χ0n) is 22.1. The summed E-state index contributed by atoms with van der Waals surface area (Å²) in [6.45, 7) is 3.00. The summed E-state index contributed by atoms with van der Waals surface area (Å²) in [5.41, 5.74) is 5.56. The van der Waals surface area contributed by atoms with E-state index in [0.29, 0.717) is 29.6 Å². The number of carbonyl (C=O) groups is 1. The van der Waals surface area contributed by atoms with Gasteiger partial charge in [-0.2, -0.15) is 13.2 Å². The van der Waals surface area contributed by atoms with Gasteiger partial charge < -0.3 is 16.0 Å². The highest BCUT2D eigenvalue weighted by Crippen LogP contribution is 2.35. The van der Waals surface area contributed by atoms with E-state index in [1.165, 1.54) is 36.5 Å². The number of nitrogens with two attached hydrogens (primary N) is 1. The summed E-state index contributed by atoms with van der Waals surface area (Å²) in [5.74, 6) is 3.99. The number of nitrogens with one attached hydrogen (secondary N) is 1. The van der Waals surface area contributed by atoms with Crippen molar-refractivity contribution >= 4 is 28.3 Å². The van der Waals surface area contributed by atoms with Gasteiger partial charge in [-0.3, -0.25) is 14.7 Å². The Morgan fingerprint density at radius 3 is 2.54 bits per heavy atom. The molecule has 1 fully saturated rings. The number of benzene rings is 2. The van der Waals surface area contributed by atoms with Crippen LogP contribution in [0.1, 0.15) is 32.6 Å². The van der Waals surface area contributed by atoms with Crippen molar-refractivity contribution in [2.75, 3.05) is 44.3 Å². The Balaban J connectivity index is 1.38. The van der Waals surface area contributed by atoms with Gasteiger partial charge in [0.2, 0.25) is 0 Å². The average molecular weight is 563 g/mol. The molecule has 0 atom stereocenters. The maximum atomic E-state index is 15.3. The second-order valence-corrected chi connectivity index (χ2v) is 9.78. The Hall–Kier alpha value is -4.53. The van der Waals surface area contributed by atoms with Gasteiger partial charge in [-0.05, 0) is 49.0 Å². The first-order valence-electron chi connectivity index (χ1n) is 12.8. The van der Waals surface area contributed by atoms with E-state index >= 15 is 4.39 Å². The molecule has 1 amide bonds. The van der Waals surface area contributed by atoms with Crippen molar-refractivity contribution in [3.05, 3.63) is 94.6 Å². The molecular weight excluding hydrogens is 536 g/mol. The molecule has 1 aliphatic heterocycles. The lowest BCUT2D eigenvalue weighted by Gasteiger charge is -2.33. The van der Waals surface area contributed by atoms with E-state index in [9.17, 15) is 18.0 Å². The van der Waals surface area contributed by atoms with Crippen molar-refractivity contribution in [1.29, 1.82) is 0 Å². The van der Waals surface area contributed by atoms with Gasteiger partial charge in [0.05, 0.1) is 22.3 Å². The van der Waals surface area contributed by atoms with Crippen molar-refractivity contribution in [3.8, 4) is 11.8 Å². The minimum absolute atomic E-state index is 0.0648. The lowest BCUT2D eigenvalue weighted by atomic mass is 10.0. The summed E-state index contributed by atoms with van der Waals surface area (Å²) < 4.78 is 57.1. The fraction of sp³-hybridized carbons (Fsp3) is 0.233. The molecule has 41 heavy (non-hydrogen) atoms. The third kappa shape index (κ3) is 6.29. The van der Waals surface area contributed by atoms with Crippen LogP contribution in [0.15, 0.2) is 60.9 Å². The molecule has 0 unspecified atom stereocenters. The molecule has 0 radical (unpaired) electrons. The number of nitrogens with zero attached hydrogens (tertiary/aromatic N) is 4. The zero-order chi connectivity index (χ0) is 29.1. The number of piperazine rings is 1.